The standard InChI is InChI=1S/C25H18Cl3NO5/c1-33-23-16(12-17(27)24(34-2)19(23)28)21(30)18-20(13-8-10-14(26)11-9-13)29(25(32)22(18)31)15-6-4-3-5-7-15/h3-12,20,30H,1-2H3/b21-18+. The molecule has 34 heavy (non-hydrogen) atoms. The van der Waals surface area contributed by atoms with Gasteiger partial charge in [-0.15, -0.1) is 0 Å². The molecule has 3 aromatic rings. The van der Waals surface area contributed by atoms with Gasteiger partial charge in [0.05, 0.1) is 36.4 Å². The zero-order valence-electron chi connectivity index (χ0n) is 18.0. The predicted molar refractivity (Wildman–Crippen MR) is 132 cm³/mol. The molecule has 1 saturated heterocycles. The third kappa shape index (κ3) is 3.98. The molecule has 1 fully saturated rings. The number of nitrogens with zero attached hydrogens (tertiary/aromatic N) is 1. The summed E-state index contributed by atoms with van der Waals surface area (Å²) < 4.78 is 10.6. The Hall–Kier alpha value is -3.19. The molecule has 1 aliphatic rings. The first-order chi connectivity index (χ1) is 16.3. The molecule has 9 heteroatoms. The lowest BCUT2D eigenvalue weighted by Crippen LogP contribution is -2.29. The number of ketones is 1. The van der Waals surface area contributed by atoms with Gasteiger partial charge in [0.1, 0.15) is 10.8 Å². The number of Topliss-reactive ketones (excluding diaryl/α,β-unsaturated/α-hetero) is 1. The van der Waals surface area contributed by atoms with Gasteiger partial charge in [0.2, 0.25) is 0 Å². The van der Waals surface area contributed by atoms with E-state index in [1.165, 1.54) is 25.2 Å². The molecule has 0 spiro atoms. The summed E-state index contributed by atoms with van der Waals surface area (Å²) in [6.45, 7) is 0. The van der Waals surface area contributed by atoms with Crippen LogP contribution in [0, 0.1) is 0 Å². The number of carbonyl (C=O) groups is 2. The number of amides is 1. The van der Waals surface area contributed by atoms with Gasteiger partial charge in [0.25, 0.3) is 11.7 Å². The molecule has 1 unspecified atom stereocenters. The van der Waals surface area contributed by atoms with Crippen LogP contribution < -0.4 is 14.4 Å². The average Bonchev–Trinajstić information content (AvgIpc) is 3.10. The molecule has 174 valence electrons. The third-order valence-electron chi connectivity index (χ3n) is 5.46. The Morgan fingerprint density at radius 2 is 1.53 bits per heavy atom. The molecule has 4 rings (SSSR count). The second-order valence-corrected chi connectivity index (χ2v) is 8.56. The minimum atomic E-state index is -0.941. The van der Waals surface area contributed by atoms with E-state index in [4.69, 9.17) is 44.3 Å². The number of anilines is 1. The normalized spacial score (nSPS) is 17.2. The molecule has 6 nitrogen and oxygen atoms in total. The Labute approximate surface area is 210 Å². The number of rotatable bonds is 5. The number of aliphatic hydroxyl groups excluding tert-OH is 1. The number of ether oxygens (including phenoxy) is 2. The quantitative estimate of drug-likeness (QED) is 0.244. The van der Waals surface area contributed by atoms with Crippen LogP contribution in [0.5, 0.6) is 11.5 Å². The number of methoxy groups -OCH3 is 2. The van der Waals surface area contributed by atoms with E-state index < -0.39 is 23.5 Å². The number of benzene rings is 3. The van der Waals surface area contributed by atoms with E-state index in [1.807, 2.05) is 0 Å². The van der Waals surface area contributed by atoms with Crippen molar-refractivity contribution in [3.05, 3.63) is 92.4 Å². The van der Waals surface area contributed by atoms with Gasteiger partial charge in [-0.2, -0.15) is 0 Å². The Bertz CT molecular complexity index is 1310. The van der Waals surface area contributed by atoms with Crippen LogP contribution in [0.4, 0.5) is 5.69 Å². The number of carbonyl (C=O) groups excluding carboxylic acids is 2. The maximum Gasteiger partial charge on any atom is 0.300 e. The Morgan fingerprint density at radius 1 is 0.912 bits per heavy atom. The highest BCUT2D eigenvalue weighted by Gasteiger charge is 2.47. The molecule has 1 N–H and O–H groups in total. The smallest absolute Gasteiger partial charge is 0.300 e. The Kier molecular flexibility index (Phi) is 6.75. The minimum Gasteiger partial charge on any atom is -0.507 e. The predicted octanol–water partition coefficient (Wildman–Crippen LogP) is 6.29. The first-order valence-corrected chi connectivity index (χ1v) is 11.1. The van der Waals surface area contributed by atoms with Crippen molar-refractivity contribution in [2.75, 3.05) is 19.1 Å². The van der Waals surface area contributed by atoms with E-state index in [-0.39, 0.29) is 32.7 Å². The van der Waals surface area contributed by atoms with Crippen LogP contribution in [0.3, 0.4) is 0 Å². The average molecular weight is 519 g/mol. The highest BCUT2D eigenvalue weighted by atomic mass is 35.5. The van der Waals surface area contributed by atoms with Gasteiger partial charge in [-0.3, -0.25) is 14.5 Å². The lowest BCUT2D eigenvalue weighted by molar-refractivity contribution is -0.132. The van der Waals surface area contributed by atoms with Gasteiger partial charge in [-0.25, -0.2) is 0 Å². The fourth-order valence-electron chi connectivity index (χ4n) is 3.94. The summed E-state index contributed by atoms with van der Waals surface area (Å²) in [5.74, 6) is -1.96. The van der Waals surface area contributed by atoms with Crippen LogP contribution >= 0.6 is 34.8 Å². The first kappa shape index (κ1) is 24.0. The molecule has 1 heterocycles. The van der Waals surface area contributed by atoms with Gasteiger partial charge >= 0.3 is 0 Å². The summed E-state index contributed by atoms with van der Waals surface area (Å²) in [4.78, 5) is 27.8. The van der Waals surface area contributed by atoms with Crippen LogP contribution in [0.1, 0.15) is 17.2 Å². The summed E-state index contributed by atoms with van der Waals surface area (Å²) in [7, 11) is 2.74. The summed E-state index contributed by atoms with van der Waals surface area (Å²) >= 11 is 18.7. The van der Waals surface area contributed by atoms with Crippen molar-refractivity contribution in [1.29, 1.82) is 0 Å². The minimum absolute atomic E-state index is 0.0133. The van der Waals surface area contributed by atoms with Gasteiger partial charge in [-0.05, 0) is 35.9 Å². The monoisotopic (exact) mass is 517 g/mol. The summed E-state index contributed by atoms with van der Waals surface area (Å²) in [5.41, 5.74) is 0.954. The molecule has 0 aromatic heterocycles. The Balaban J connectivity index is 2.01. The molecule has 1 amide bonds. The fourth-order valence-corrected chi connectivity index (χ4v) is 4.75. The van der Waals surface area contributed by atoms with Crippen molar-refractivity contribution < 1.29 is 24.2 Å². The number of para-hydroxylation sites is 1. The van der Waals surface area contributed by atoms with Crippen molar-refractivity contribution in [2.24, 2.45) is 0 Å². The van der Waals surface area contributed by atoms with Crippen LogP contribution in [0.2, 0.25) is 15.1 Å². The molecular weight excluding hydrogens is 501 g/mol. The zero-order valence-corrected chi connectivity index (χ0v) is 20.3. The summed E-state index contributed by atoms with van der Waals surface area (Å²) in [6, 6.07) is 15.8. The maximum absolute atomic E-state index is 13.3. The van der Waals surface area contributed by atoms with E-state index >= 15 is 0 Å². The lowest BCUT2D eigenvalue weighted by Gasteiger charge is -2.25. The van der Waals surface area contributed by atoms with Crippen molar-refractivity contribution in [1.82, 2.24) is 0 Å². The van der Waals surface area contributed by atoms with Gasteiger partial charge in [0.15, 0.2) is 11.5 Å². The number of hydrogen-bond acceptors (Lipinski definition) is 5. The van der Waals surface area contributed by atoms with Crippen molar-refractivity contribution in [3.8, 4) is 11.5 Å². The molecule has 1 aliphatic heterocycles. The van der Waals surface area contributed by atoms with Gasteiger partial charge < -0.3 is 14.6 Å². The van der Waals surface area contributed by atoms with Gasteiger partial charge in [0, 0.05) is 10.7 Å². The van der Waals surface area contributed by atoms with E-state index in [1.54, 1.807) is 54.6 Å². The first-order valence-electron chi connectivity index (χ1n) is 10.0. The molecule has 1 atom stereocenters. The number of hydrogen-bond donors (Lipinski definition) is 1. The topological polar surface area (TPSA) is 76.1 Å². The van der Waals surface area contributed by atoms with Crippen molar-refractivity contribution in [2.45, 2.75) is 6.04 Å². The molecule has 0 radical (unpaired) electrons. The second kappa shape index (κ2) is 9.58. The van der Waals surface area contributed by atoms with Gasteiger partial charge in [-0.1, -0.05) is 65.1 Å². The second-order valence-electron chi connectivity index (χ2n) is 7.34. The van der Waals surface area contributed by atoms with Crippen LogP contribution in [0.15, 0.2) is 66.2 Å². The molecular formula is C25H18Cl3NO5. The number of halogens is 3. The highest BCUT2D eigenvalue weighted by molar-refractivity contribution is 6.52. The molecule has 0 saturated carbocycles. The summed E-state index contributed by atoms with van der Waals surface area (Å²) in [5, 5.41) is 12.0. The van der Waals surface area contributed by atoms with E-state index in [2.05, 4.69) is 0 Å². The zero-order chi connectivity index (χ0) is 24.6. The van der Waals surface area contributed by atoms with Crippen LogP contribution in [-0.4, -0.2) is 31.0 Å². The molecule has 3 aromatic carbocycles. The summed E-state index contributed by atoms with van der Waals surface area (Å²) in [6.07, 6.45) is 0. The Morgan fingerprint density at radius 3 is 2.12 bits per heavy atom. The van der Waals surface area contributed by atoms with E-state index in [0.29, 0.717) is 16.3 Å². The third-order valence-corrected chi connectivity index (χ3v) is 6.34. The maximum atomic E-state index is 13.3. The highest BCUT2D eigenvalue weighted by Crippen LogP contribution is 2.48. The van der Waals surface area contributed by atoms with Crippen molar-refractivity contribution in [3.63, 3.8) is 0 Å². The van der Waals surface area contributed by atoms with Crippen molar-refractivity contribution >= 4 is 57.9 Å². The van der Waals surface area contributed by atoms with E-state index in [9.17, 15) is 14.7 Å². The number of aliphatic hydroxyl groups is 1. The van der Waals surface area contributed by atoms with E-state index in [0.717, 1.165) is 0 Å². The largest absolute Gasteiger partial charge is 0.507 e. The SMILES string of the molecule is COc1c(Cl)cc(/C(O)=C2\C(=O)C(=O)N(c3ccccc3)C2c2ccc(Cl)cc2)c(OC)c1Cl. The molecule has 0 aliphatic carbocycles. The lowest BCUT2D eigenvalue weighted by atomic mass is 9.94. The molecule has 0 bridgehead atoms. The fraction of sp³-hybridized carbons (Fsp3) is 0.120. The van der Waals surface area contributed by atoms with Crippen LogP contribution in [0.25, 0.3) is 5.76 Å². The van der Waals surface area contributed by atoms with Crippen LogP contribution in [-0.2, 0) is 9.59 Å².